The Morgan fingerprint density at radius 3 is 2.44 bits per heavy atom. The fourth-order valence-electron chi connectivity index (χ4n) is 3.13. The van der Waals surface area contributed by atoms with Gasteiger partial charge in [-0.25, -0.2) is 17.9 Å². The summed E-state index contributed by atoms with van der Waals surface area (Å²) in [4.78, 5) is 12.2. The van der Waals surface area contributed by atoms with Gasteiger partial charge in [0.2, 0.25) is 10.0 Å². The molecule has 2 amide bonds. The number of carbonyl (C=O) groups is 1. The molecule has 0 aromatic heterocycles. The van der Waals surface area contributed by atoms with E-state index in [1.807, 2.05) is 30.3 Å². The van der Waals surface area contributed by atoms with Crippen LogP contribution in [-0.4, -0.2) is 46.4 Å². The molecular formula is C17H27N3O4S. The molecule has 1 saturated carbocycles. The summed E-state index contributed by atoms with van der Waals surface area (Å²) < 4.78 is 31.0. The van der Waals surface area contributed by atoms with Crippen LogP contribution in [0.3, 0.4) is 0 Å². The first-order valence-electron chi connectivity index (χ1n) is 8.48. The van der Waals surface area contributed by atoms with Crippen molar-refractivity contribution in [2.45, 2.75) is 43.9 Å². The summed E-state index contributed by atoms with van der Waals surface area (Å²) in [5.74, 6) is 0. The molecular weight excluding hydrogens is 342 g/mol. The van der Waals surface area contributed by atoms with Gasteiger partial charge in [-0.05, 0) is 18.4 Å². The molecule has 0 heterocycles. The lowest BCUT2D eigenvalue weighted by Crippen LogP contribution is -2.55. The molecule has 140 valence electrons. The highest BCUT2D eigenvalue weighted by Gasteiger charge is 2.28. The normalized spacial score (nSPS) is 22.2. The van der Waals surface area contributed by atoms with E-state index < -0.39 is 10.0 Å². The van der Waals surface area contributed by atoms with E-state index in [0.29, 0.717) is 6.54 Å². The van der Waals surface area contributed by atoms with Crippen LogP contribution in [-0.2, 0) is 14.8 Å². The highest BCUT2D eigenvalue weighted by atomic mass is 32.2. The Hall–Kier alpha value is -1.64. The smallest absolute Gasteiger partial charge is 0.315 e. The van der Waals surface area contributed by atoms with Crippen molar-refractivity contribution in [3.63, 3.8) is 0 Å². The van der Waals surface area contributed by atoms with Gasteiger partial charge in [0, 0.05) is 25.7 Å². The first-order chi connectivity index (χ1) is 11.9. The number of ether oxygens (including phenoxy) is 1. The van der Waals surface area contributed by atoms with Crippen LogP contribution in [0.25, 0.3) is 0 Å². The largest absolute Gasteiger partial charge is 0.375 e. The molecule has 1 aliphatic rings. The molecule has 1 aromatic rings. The third kappa shape index (κ3) is 6.64. The lowest BCUT2D eigenvalue weighted by atomic mass is 9.91. The Labute approximate surface area is 149 Å². The van der Waals surface area contributed by atoms with E-state index in [0.717, 1.165) is 37.5 Å². The third-order valence-corrected chi connectivity index (χ3v) is 5.08. The minimum absolute atomic E-state index is 0.207. The molecule has 1 aliphatic carbocycles. The number of carbonyl (C=O) groups excluding carboxylic acids is 1. The third-order valence-electron chi connectivity index (χ3n) is 4.35. The van der Waals surface area contributed by atoms with E-state index in [9.17, 15) is 13.2 Å². The number of urea groups is 1. The minimum Gasteiger partial charge on any atom is -0.375 e. The molecule has 25 heavy (non-hydrogen) atoms. The Morgan fingerprint density at radius 1 is 1.20 bits per heavy atom. The second kappa shape index (κ2) is 9.17. The van der Waals surface area contributed by atoms with Crippen molar-refractivity contribution in [3.8, 4) is 0 Å². The van der Waals surface area contributed by atoms with Gasteiger partial charge in [0.15, 0.2) is 0 Å². The summed E-state index contributed by atoms with van der Waals surface area (Å²) >= 11 is 0. The van der Waals surface area contributed by atoms with Crippen LogP contribution in [0.4, 0.5) is 4.79 Å². The topological polar surface area (TPSA) is 96.5 Å². The lowest BCUT2D eigenvalue weighted by molar-refractivity contribution is 0.103. The van der Waals surface area contributed by atoms with Crippen molar-refractivity contribution in [1.29, 1.82) is 0 Å². The SMILES string of the molecule is CO[C@H](CNC(=O)N[C@H]1CCCC[C@@H]1NS(C)(=O)=O)c1ccccc1. The highest BCUT2D eigenvalue weighted by molar-refractivity contribution is 7.88. The Bertz CT molecular complexity index is 651. The van der Waals surface area contributed by atoms with E-state index in [2.05, 4.69) is 15.4 Å². The molecule has 8 heteroatoms. The fraction of sp³-hybridized carbons (Fsp3) is 0.588. The Balaban J connectivity index is 1.87. The molecule has 1 fully saturated rings. The van der Waals surface area contributed by atoms with Crippen molar-refractivity contribution >= 4 is 16.1 Å². The van der Waals surface area contributed by atoms with E-state index >= 15 is 0 Å². The summed E-state index contributed by atoms with van der Waals surface area (Å²) in [5, 5.41) is 5.70. The average molecular weight is 369 g/mol. The van der Waals surface area contributed by atoms with Crippen LogP contribution in [0.15, 0.2) is 30.3 Å². The van der Waals surface area contributed by atoms with Crippen molar-refractivity contribution in [3.05, 3.63) is 35.9 Å². The van der Waals surface area contributed by atoms with Gasteiger partial charge in [-0.3, -0.25) is 0 Å². The van der Waals surface area contributed by atoms with E-state index in [4.69, 9.17) is 4.74 Å². The van der Waals surface area contributed by atoms with Gasteiger partial charge in [0.05, 0.1) is 12.4 Å². The molecule has 3 atom stereocenters. The predicted octanol–water partition coefficient (Wildman–Crippen LogP) is 1.53. The van der Waals surface area contributed by atoms with E-state index in [1.165, 1.54) is 0 Å². The number of hydrogen-bond acceptors (Lipinski definition) is 4. The zero-order valence-corrected chi connectivity index (χ0v) is 15.5. The number of amides is 2. The van der Waals surface area contributed by atoms with Crippen molar-refractivity contribution in [2.24, 2.45) is 0 Å². The first-order valence-corrected chi connectivity index (χ1v) is 10.4. The number of methoxy groups -OCH3 is 1. The maximum atomic E-state index is 12.2. The van der Waals surface area contributed by atoms with Gasteiger partial charge in [-0.2, -0.15) is 0 Å². The van der Waals surface area contributed by atoms with Gasteiger partial charge in [0.25, 0.3) is 0 Å². The molecule has 7 nitrogen and oxygen atoms in total. The van der Waals surface area contributed by atoms with Crippen LogP contribution in [0.5, 0.6) is 0 Å². The summed E-state index contributed by atoms with van der Waals surface area (Å²) in [5.41, 5.74) is 0.986. The van der Waals surface area contributed by atoms with Crippen LogP contribution in [0, 0.1) is 0 Å². The van der Waals surface area contributed by atoms with Crippen LogP contribution in [0.1, 0.15) is 37.4 Å². The summed E-state index contributed by atoms with van der Waals surface area (Å²) in [7, 11) is -1.70. The molecule has 0 unspecified atom stereocenters. The minimum atomic E-state index is -3.30. The molecule has 0 saturated heterocycles. The number of hydrogen-bond donors (Lipinski definition) is 3. The van der Waals surface area contributed by atoms with Crippen LogP contribution in [0.2, 0.25) is 0 Å². The van der Waals surface area contributed by atoms with Gasteiger partial charge in [-0.15, -0.1) is 0 Å². The number of nitrogens with one attached hydrogen (secondary N) is 3. The zero-order valence-electron chi connectivity index (χ0n) is 14.7. The molecule has 0 radical (unpaired) electrons. The van der Waals surface area contributed by atoms with E-state index in [1.54, 1.807) is 7.11 Å². The molecule has 2 rings (SSSR count). The summed E-state index contributed by atoms with van der Waals surface area (Å²) in [6.07, 6.45) is 4.31. The molecule has 0 bridgehead atoms. The second-order valence-corrected chi connectivity index (χ2v) is 8.16. The molecule has 3 N–H and O–H groups in total. The van der Waals surface area contributed by atoms with Crippen LogP contribution >= 0.6 is 0 Å². The van der Waals surface area contributed by atoms with E-state index in [-0.39, 0.29) is 24.2 Å². The van der Waals surface area contributed by atoms with Gasteiger partial charge < -0.3 is 15.4 Å². The maximum Gasteiger partial charge on any atom is 0.315 e. The number of rotatable bonds is 7. The van der Waals surface area contributed by atoms with Crippen molar-refractivity contribution in [2.75, 3.05) is 19.9 Å². The first kappa shape index (κ1) is 19.7. The summed E-state index contributed by atoms with van der Waals surface area (Å²) in [6.45, 7) is 0.337. The summed E-state index contributed by atoms with van der Waals surface area (Å²) in [6, 6.07) is 8.87. The van der Waals surface area contributed by atoms with Gasteiger partial charge in [-0.1, -0.05) is 43.2 Å². The van der Waals surface area contributed by atoms with Crippen molar-refractivity contribution < 1.29 is 17.9 Å². The monoisotopic (exact) mass is 369 g/mol. The second-order valence-electron chi connectivity index (χ2n) is 6.38. The van der Waals surface area contributed by atoms with Gasteiger partial charge >= 0.3 is 6.03 Å². The number of benzene rings is 1. The Morgan fingerprint density at radius 2 is 1.84 bits per heavy atom. The maximum absolute atomic E-state index is 12.2. The van der Waals surface area contributed by atoms with Gasteiger partial charge in [0.1, 0.15) is 0 Å². The Kier molecular flexibility index (Phi) is 7.22. The molecule has 1 aromatic carbocycles. The average Bonchev–Trinajstić information content (AvgIpc) is 2.57. The predicted molar refractivity (Wildman–Crippen MR) is 96.7 cm³/mol. The highest BCUT2D eigenvalue weighted by Crippen LogP contribution is 2.19. The van der Waals surface area contributed by atoms with Crippen LogP contribution < -0.4 is 15.4 Å². The van der Waals surface area contributed by atoms with Crippen molar-refractivity contribution in [1.82, 2.24) is 15.4 Å². The zero-order chi connectivity index (χ0) is 18.3. The quantitative estimate of drug-likeness (QED) is 0.679. The fourth-order valence-corrected chi connectivity index (χ4v) is 3.96. The molecule has 0 aliphatic heterocycles. The standard InChI is InChI=1S/C17H27N3O4S/c1-24-16(13-8-4-3-5-9-13)12-18-17(21)19-14-10-6-7-11-15(14)20-25(2,22)23/h3-5,8-9,14-16,20H,6-7,10-12H2,1-2H3,(H2,18,19,21)/t14-,15-,16+/m0/s1. The number of sulfonamides is 1. The molecule has 0 spiro atoms. The lowest BCUT2D eigenvalue weighted by Gasteiger charge is -2.32.